The number of ether oxygens (including phenoxy) is 2. The van der Waals surface area contributed by atoms with Crippen molar-refractivity contribution >= 4 is 21.9 Å². The SMILES string of the molecule is COC(=O)c1ccc(COCc2ccncc2)c(Br)c1. The van der Waals surface area contributed by atoms with E-state index in [4.69, 9.17) is 4.74 Å². The topological polar surface area (TPSA) is 48.4 Å². The van der Waals surface area contributed by atoms with Gasteiger partial charge in [-0.3, -0.25) is 4.98 Å². The zero-order valence-corrected chi connectivity index (χ0v) is 12.6. The van der Waals surface area contributed by atoms with Gasteiger partial charge in [0.25, 0.3) is 0 Å². The third-order valence-electron chi connectivity index (χ3n) is 2.75. The van der Waals surface area contributed by atoms with E-state index in [0.717, 1.165) is 15.6 Å². The van der Waals surface area contributed by atoms with Crippen LogP contribution < -0.4 is 0 Å². The van der Waals surface area contributed by atoms with E-state index in [-0.39, 0.29) is 5.97 Å². The van der Waals surface area contributed by atoms with E-state index < -0.39 is 0 Å². The molecule has 2 rings (SSSR count). The molecule has 104 valence electrons. The van der Waals surface area contributed by atoms with Crippen LogP contribution in [0.2, 0.25) is 0 Å². The number of benzene rings is 1. The molecule has 0 saturated heterocycles. The van der Waals surface area contributed by atoms with Crippen molar-refractivity contribution in [3.8, 4) is 0 Å². The van der Waals surface area contributed by atoms with Gasteiger partial charge in [0.15, 0.2) is 0 Å². The van der Waals surface area contributed by atoms with Crippen molar-refractivity contribution in [1.29, 1.82) is 0 Å². The van der Waals surface area contributed by atoms with Gasteiger partial charge in [0, 0.05) is 16.9 Å². The maximum Gasteiger partial charge on any atom is 0.337 e. The van der Waals surface area contributed by atoms with Crippen molar-refractivity contribution in [3.63, 3.8) is 0 Å². The van der Waals surface area contributed by atoms with Gasteiger partial charge in [-0.2, -0.15) is 0 Å². The summed E-state index contributed by atoms with van der Waals surface area (Å²) < 4.78 is 11.1. The molecule has 0 fully saturated rings. The number of hydrogen-bond donors (Lipinski definition) is 0. The molecule has 5 heteroatoms. The van der Waals surface area contributed by atoms with Crippen molar-refractivity contribution in [1.82, 2.24) is 4.98 Å². The van der Waals surface area contributed by atoms with E-state index in [1.807, 2.05) is 18.2 Å². The number of rotatable bonds is 5. The van der Waals surface area contributed by atoms with Crippen molar-refractivity contribution in [2.75, 3.05) is 7.11 Å². The van der Waals surface area contributed by atoms with Crippen LogP contribution in [0.15, 0.2) is 47.2 Å². The monoisotopic (exact) mass is 335 g/mol. The largest absolute Gasteiger partial charge is 0.465 e. The quantitative estimate of drug-likeness (QED) is 0.786. The Morgan fingerprint density at radius 2 is 1.95 bits per heavy atom. The van der Waals surface area contributed by atoms with Crippen LogP contribution in [0.1, 0.15) is 21.5 Å². The Balaban J connectivity index is 1.95. The molecule has 0 bridgehead atoms. The lowest BCUT2D eigenvalue weighted by molar-refractivity contribution is 0.0600. The van der Waals surface area contributed by atoms with Crippen LogP contribution in [-0.2, 0) is 22.7 Å². The zero-order valence-electron chi connectivity index (χ0n) is 11.0. The first-order valence-electron chi connectivity index (χ1n) is 6.04. The number of halogens is 1. The minimum atomic E-state index is -0.352. The van der Waals surface area contributed by atoms with Crippen LogP contribution in [0.3, 0.4) is 0 Å². The van der Waals surface area contributed by atoms with Crippen LogP contribution in [0.4, 0.5) is 0 Å². The summed E-state index contributed by atoms with van der Waals surface area (Å²) in [4.78, 5) is 15.3. The third-order valence-corrected chi connectivity index (χ3v) is 3.49. The van der Waals surface area contributed by atoms with Crippen molar-refractivity contribution in [2.24, 2.45) is 0 Å². The highest BCUT2D eigenvalue weighted by atomic mass is 79.9. The Morgan fingerprint density at radius 1 is 1.20 bits per heavy atom. The Labute approximate surface area is 125 Å². The number of hydrogen-bond acceptors (Lipinski definition) is 4. The normalized spacial score (nSPS) is 10.3. The summed E-state index contributed by atoms with van der Waals surface area (Å²) >= 11 is 3.43. The Kier molecular flexibility index (Phi) is 5.26. The molecule has 4 nitrogen and oxygen atoms in total. The van der Waals surface area contributed by atoms with Gasteiger partial charge >= 0.3 is 5.97 Å². The molecule has 2 aromatic rings. The van der Waals surface area contributed by atoms with Crippen molar-refractivity contribution in [3.05, 3.63) is 63.9 Å². The van der Waals surface area contributed by atoms with Crippen LogP contribution in [0, 0.1) is 0 Å². The maximum absolute atomic E-state index is 11.4. The molecule has 0 amide bonds. The summed E-state index contributed by atoms with van der Waals surface area (Å²) in [5, 5.41) is 0. The number of esters is 1. The molecule has 20 heavy (non-hydrogen) atoms. The average Bonchev–Trinajstić information content (AvgIpc) is 2.49. The van der Waals surface area contributed by atoms with Crippen molar-refractivity contribution < 1.29 is 14.3 Å². The molecule has 0 aliphatic heterocycles. The molecular weight excluding hydrogens is 322 g/mol. The predicted molar refractivity (Wildman–Crippen MR) is 78.2 cm³/mol. The zero-order chi connectivity index (χ0) is 14.4. The smallest absolute Gasteiger partial charge is 0.337 e. The summed E-state index contributed by atoms with van der Waals surface area (Å²) in [7, 11) is 1.36. The van der Waals surface area contributed by atoms with Gasteiger partial charge in [0.05, 0.1) is 25.9 Å². The number of carbonyl (C=O) groups excluding carboxylic acids is 1. The minimum Gasteiger partial charge on any atom is -0.465 e. The lowest BCUT2D eigenvalue weighted by Gasteiger charge is -2.08. The fourth-order valence-electron chi connectivity index (χ4n) is 1.67. The molecule has 1 aromatic heterocycles. The Morgan fingerprint density at radius 3 is 2.60 bits per heavy atom. The molecule has 1 heterocycles. The highest BCUT2D eigenvalue weighted by molar-refractivity contribution is 9.10. The lowest BCUT2D eigenvalue weighted by Crippen LogP contribution is -2.02. The minimum absolute atomic E-state index is 0.352. The van der Waals surface area contributed by atoms with Crippen LogP contribution in [0.5, 0.6) is 0 Å². The summed E-state index contributed by atoms with van der Waals surface area (Å²) in [6.45, 7) is 0.984. The van der Waals surface area contributed by atoms with E-state index in [1.165, 1.54) is 7.11 Å². The van der Waals surface area contributed by atoms with Crippen molar-refractivity contribution in [2.45, 2.75) is 13.2 Å². The fourth-order valence-corrected chi connectivity index (χ4v) is 2.16. The first-order chi connectivity index (χ1) is 9.70. The summed E-state index contributed by atoms with van der Waals surface area (Å²) in [6, 6.07) is 9.13. The standard InChI is InChI=1S/C15H14BrNO3/c1-19-15(18)12-2-3-13(14(16)8-12)10-20-9-11-4-6-17-7-5-11/h2-8H,9-10H2,1H3. The van der Waals surface area contributed by atoms with Gasteiger partial charge in [-0.05, 0) is 35.4 Å². The number of aromatic nitrogens is 1. The number of nitrogens with zero attached hydrogens (tertiary/aromatic N) is 1. The fraction of sp³-hybridized carbons (Fsp3) is 0.200. The van der Waals surface area contributed by atoms with E-state index >= 15 is 0 Å². The Bertz CT molecular complexity index is 587. The van der Waals surface area contributed by atoms with Gasteiger partial charge in [-0.15, -0.1) is 0 Å². The van der Waals surface area contributed by atoms with Gasteiger partial charge in [0.2, 0.25) is 0 Å². The van der Waals surface area contributed by atoms with E-state index in [1.54, 1.807) is 24.5 Å². The maximum atomic E-state index is 11.4. The molecule has 0 unspecified atom stereocenters. The second-order valence-electron chi connectivity index (χ2n) is 4.15. The molecule has 0 spiro atoms. The van der Waals surface area contributed by atoms with Gasteiger partial charge in [0.1, 0.15) is 0 Å². The average molecular weight is 336 g/mol. The van der Waals surface area contributed by atoms with Gasteiger partial charge in [-0.1, -0.05) is 22.0 Å². The lowest BCUT2D eigenvalue weighted by atomic mass is 10.1. The van der Waals surface area contributed by atoms with Crippen LogP contribution in [0.25, 0.3) is 0 Å². The predicted octanol–water partition coefficient (Wildman–Crippen LogP) is 3.35. The third kappa shape index (κ3) is 3.88. The first-order valence-corrected chi connectivity index (χ1v) is 6.83. The number of methoxy groups -OCH3 is 1. The van der Waals surface area contributed by atoms with Crippen LogP contribution >= 0.6 is 15.9 Å². The summed E-state index contributed by atoms with van der Waals surface area (Å²) in [6.07, 6.45) is 3.47. The molecule has 0 radical (unpaired) electrons. The first kappa shape index (κ1) is 14.7. The highest BCUT2D eigenvalue weighted by Crippen LogP contribution is 2.20. The van der Waals surface area contributed by atoms with Gasteiger partial charge in [-0.25, -0.2) is 4.79 Å². The van der Waals surface area contributed by atoms with E-state index in [0.29, 0.717) is 18.8 Å². The molecule has 0 aliphatic rings. The second-order valence-corrected chi connectivity index (χ2v) is 5.00. The van der Waals surface area contributed by atoms with E-state index in [9.17, 15) is 4.79 Å². The second kappa shape index (κ2) is 7.17. The molecule has 0 aliphatic carbocycles. The molecule has 0 N–H and O–H groups in total. The van der Waals surface area contributed by atoms with E-state index in [2.05, 4.69) is 25.7 Å². The molecule has 1 aromatic carbocycles. The molecule has 0 saturated carbocycles. The van der Waals surface area contributed by atoms with Crippen LogP contribution in [-0.4, -0.2) is 18.1 Å². The highest BCUT2D eigenvalue weighted by Gasteiger charge is 2.08. The number of pyridine rings is 1. The van der Waals surface area contributed by atoms with Gasteiger partial charge < -0.3 is 9.47 Å². The molecular formula is C15H14BrNO3. The number of carbonyl (C=O) groups is 1. The Hall–Kier alpha value is -1.72. The summed E-state index contributed by atoms with van der Waals surface area (Å²) in [5.74, 6) is -0.352. The summed E-state index contributed by atoms with van der Waals surface area (Å²) in [5.41, 5.74) is 2.56. The molecule has 0 atom stereocenters.